The number of anilines is 4. The van der Waals surface area contributed by atoms with Gasteiger partial charge in [-0.1, -0.05) is 30.7 Å². The van der Waals surface area contributed by atoms with Gasteiger partial charge in [-0.3, -0.25) is 34.3 Å². The first-order chi connectivity index (χ1) is 36.4. The van der Waals surface area contributed by atoms with Gasteiger partial charge in [-0.05, 0) is 145 Å². The SMILES string of the molecule is CC(C)n1cnc2cc(-c3ccc4c(c3)N(C3CC(N5CCCCC5)C3)C(=O)C43CCN(C(=O)[C@@H]4CCN(C(=O)C5CCC(Nc6cncc(C7CCC(=O)NC7=O)c6)CC5)C4)CC3)nc(Nc3ccccc3F)c21. The number of carbonyl (C=O) groups excluding carboxylic acids is 5. The molecule has 2 saturated carbocycles. The summed E-state index contributed by atoms with van der Waals surface area (Å²) in [5.41, 5.74) is 6.14. The number of likely N-dealkylation sites (tertiary alicyclic amines) is 3. The van der Waals surface area contributed by atoms with Crippen LogP contribution in [0.2, 0.25) is 0 Å². The number of halogens is 1. The van der Waals surface area contributed by atoms with Crippen LogP contribution in [0.3, 0.4) is 0 Å². The van der Waals surface area contributed by atoms with E-state index in [1.165, 1.54) is 25.3 Å². The van der Waals surface area contributed by atoms with Crippen molar-refractivity contribution in [1.82, 2.24) is 39.5 Å². The Hall–Kier alpha value is -6.75. The molecule has 1 spiro atoms. The number of imidazole rings is 1. The van der Waals surface area contributed by atoms with Crippen LogP contribution in [0.15, 0.2) is 73.3 Å². The van der Waals surface area contributed by atoms with E-state index in [1.807, 2.05) is 26.5 Å². The maximum absolute atomic E-state index is 15.3. The standard InChI is InChI=1S/C58H68FN11O5/c1-35(2)69-34-61-49-30-48(64-53(52(49)69)63-47-9-5-4-8-46(47)59)37-12-16-45-50(27-37)70(43-28-42(29-43)66-21-6-3-7-22-66)57(75)58(45)19-24-67(25-20-58)56(74)38-18-23-68(33-38)55(73)36-10-13-40(14-11-36)62-41-26-39(31-60-32-41)44-15-17-51(71)65-54(44)72/h4-5,8-9,12,16,26-27,30-32,34-36,38,40,42-44,62H,3,6-7,10-11,13-15,17-25,28-29,33H2,1-2H3,(H,63,64)(H,65,71,72)/t36?,38-,40?,42?,43?,44?/m1/s1. The van der Waals surface area contributed by atoms with Gasteiger partial charge in [-0.15, -0.1) is 0 Å². The van der Waals surface area contributed by atoms with Crippen LogP contribution in [-0.2, 0) is 29.4 Å². The first kappa shape index (κ1) is 49.1. The molecule has 3 aromatic heterocycles. The molecule has 5 aromatic rings. The fourth-order valence-corrected chi connectivity index (χ4v) is 13.6. The van der Waals surface area contributed by atoms with Crippen molar-refractivity contribution in [1.29, 1.82) is 0 Å². The van der Waals surface area contributed by atoms with Gasteiger partial charge in [0.1, 0.15) is 11.3 Å². The molecule has 5 aliphatic heterocycles. The number of nitrogens with one attached hydrogen (secondary N) is 3. The summed E-state index contributed by atoms with van der Waals surface area (Å²) in [4.78, 5) is 90.7. The number of benzene rings is 2. The third-order valence-electron chi connectivity index (χ3n) is 17.9. The number of carbonyl (C=O) groups is 5. The summed E-state index contributed by atoms with van der Waals surface area (Å²) in [5.74, 6) is -0.842. The van der Waals surface area contributed by atoms with Gasteiger partial charge < -0.3 is 34.8 Å². The van der Waals surface area contributed by atoms with E-state index in [0.717, 1.165) is 90.7 Å². The Morgan fingerprint density at radius 3 is 2.35 bits per heavy atom. The van der Waals surface area contributed by atoms with Crippen molar-refractivity contribution >= 4 is 63.4 Å². The Balaban J connectivity index is 0.721. The van der Waals surface area contributed by atoms with Gasteiger partial charge in [0, 0.05) is 86.3 Å². The minimum atomic E-state index is -0.760. The second-order valence-electron chi connectivity index (χ2n) is 22.7. The molecule has 17 heteroatoms. The Bertz CT molecular complexity index is 3040. The highest BCUT2D eigenvalue weighted by atomic mass is 19.1. The zero-order chi connectivity index (χ0) is 51.5. The van der Waals surface area contributed by atoms with Crippen molar-refractivity contribution in [2.24, 2.45) is 11.8 Å². The van der Waals surface area contributed by atoms with Crippen LogP contribution in [0.25, 0.3) is 22.3 Å². The number of pyridine rings is 2. The number of imide groups is 1. The Kier molecular flexibility index (Phi) is 13.2. The van der Waals surface area contributed by atoms with Crippen LogP contribution < -0.4 is 20.9 Å². The summed E-state index contributed by atoms with van der Waals surface area (Å²) in [7, 11) is 0. The highest BCUT2D eigenvalue weighted by molar-refractivity contribution is 6.09. The third-order valence-corrected chi connectivity index (χ3v) is 17.9. The van der Waals surface area contributed by atoms with Gasteiger partial charge in [-0.25, -0.2) is 14.4 Å². The zero-order valence-corrected chi connectivity index (χ0v) is 43.1. The summed E-state index contributed by atoms with van der Waals surface area (Å²) < 4.78 is 17.2. The average Bonchev–Trinajstić information content (AvgIpc) is 4.14. The van der Waals surface area contributed by atoms with Crippen LogP contribution in [0, 0.1) is 17.7 Å². The van der Waals surface area contributed by atoms with E-state index in [1.54, 1.807) is 36.9 Å². The van der Waals surface area contributed by atoms with Crippen LogP contribution >= 0.6 is 0 Å². The number of hydrogen-bond donors (Lipinski definition) is 3. The van der Waals surface area contributed by atoms with Gasteiger partial charge in [0.25, 0.3) is 0 Å². The number of hydrogen-bond acceptors (Lipinski definition) is 11. The summed E-state index contributed by atoms with van der Waals surface area (Å²) in [6.45, 7) is 8.30. The highest BCUT2D eigenvalue weighted by Crippen LogP contribution is 2.52. The van der Waals surface area contributed by atoms with Crippen molar-refractivity contribution in [3.05, 3.63) is 90.3 Å². The van der Waals surface area contributed by atoms with Crippen molar-refractivity contribution in [2.75, 3.05) is 54.8 Å². The predicted octanol–water partition coefficient (Wildman–Crippen LogP) is 8.22. The van der Waals surface area contributed by atoms with Gasteiger partial charge in [-0.2, -0.15) is 0 Å². The maximum Gasteiger partial charge on any atom is 0.238 e. The molecule has 16 nitrogen and oxygen atoms in total. The molecule has 12 rings (SSSR count). The number of rotatable bonds is 11. The lowest BCUT2D eigenvalue weighted by Crippen LogP contribution is -2.58. The van der Waals surface area contributed by atoms with Crippen molar-refractivity contribution in [3.63, 3.8) is 0 Å². The second kappa shape index (κ2) is 20.1. The maximum atomic E-state index is 15.3. The van der Waals surface area contributed by atoms with Crippen LogP contribution in [-0.4, -0.2) is 121 Å². The number of para-hydroxylation sites is 1. The molecule has 7 aliphatic rings. The second-order valence-corrected chi connectivity index (χ2v) is 22.7. The Morgan fingerprint density at radius 1 is 0.813 bits per heavy atom. The molecular weight excluding hydrogens is 950 g/mol. The van der Waals surface area contributed by atoms with E-state index in [0.29, 0.717) is 81.5 Å². The molecule has 4 saturated heterocycles. The number of nitrogens with zero attached hydrogens (tertiary/aromatic N) is 8. The summed E-state index contributed by atoms with van der Waals surface area (Å²) >= 11 is 0. The third kappa shape index (κ3) is 9.22. The van der Waals surface area contributed by atoms with Crippen LogP contribution in [0.4, 0.5) is 27.3 Å². The molecule has 75 heavy (non-hydrogen) atoms. The fourth-order valence-electron chi connectivity index (χ4n) is 13.6. The first-order valence-corrected chi connectivity index (χ1v) is 27.7. The molecule has 0 bridgehead atoms. The molecule has 2 aliphatic carbocycles. The largest absolute Gasteiger partial charge is 0.381 e. The quantitative estimate of drug-likeness (QED) is 0.109. The minimum Gasteiger partial charge on any atom is -0.381 e. The molecule has 0 radical (unpaired) electrons. The number of piperidine rings is 3. The lowest BCUT2D eigenvalue weighted by Gasteiger charge is -2.48. The number of fused-ring (bicyclic) bond motifs is 3. The van der Waals surface area contributed by atoms with Gasteiger partial charge in [0.15, 0.2) is 5.82 Å². The van der Waals surface area contributed by atoms with Gasteiger partial charge in [0.2, 0.25) is 29.5 Å². The summed E-state index contributed by atoms with van der Waals surface area (Å²) in [5, 5.41) is 9.29. The van der Waals surface area contributed by atoms with Crippen molar-refractivity contribution < 1.29 is 28.4 Å². The zero-order valence-electron chi connectivity index (χ0n) is 43.1. The minimum absolute atomic E-state index is 0.0717. The highest BCUT2D eigenvalue weighted by Gasteiger charge is 2.56. The van der Waals surface area contributed by atoms with E-state index < -0.39 is 11.3 Å². The molecule has 2 aromatic carbocycles. The average molecular weight is 1020 g/mol. The van der Waals surface area contributed by atoms with E-state index in [9.17, 15) is 19.2 Å². The molecule has 3 N–H and O–H groups in total. The molecule has 1 unspecified atom stereocenters. The summed E-state index contributed by atoms with van der Waals surface area (Å²) in [6.07, 6.45) is 16.4. The molecule has 2 atom stereocenters. The van der Waals surface area contributed by atoms with Crippen LogP contribution in [0.1, 0.15) is 127 Å². The van der Waals surface area contributed by atoms with Crippen molar-refractivity contribution in [2.45, 2.75) is 139 Å². The van der Waals surface area contributed by atoms with Crippen LogP contribution in [0.5, 0.6) is 0 Å². The normalized spacial score (nSPS) is 25.9. The lowest BCUT2D eigenvalue weighted by atomic mass is 9.73. The van der Waals surface area contributed by atoms with E-state index in [4.69, 9.17) is 9.97 Å². The summed E-state index contributed by atoms with van der Waals surface area (Å²) in [6, 6.07) is 17.6. The molecular formula is C58H68FN11O5. The van der Waals surface area contributed by atoms with Gasteiger partial charge in [0.05, 0.1) is 46.2 Å². The van der Waals surface area contributed by atoms with Gasteiger partial charge >= 0.3 is 0 Å². The monoisotopic (exact) mass is 1020 g/mol. The van der Waals surface area contributed by atoms with E-state index >= 15 is 9.18 Å². The van der Waals surface area contributed by atoms with E-state index in [2.05, 4.69) is 62.8 Å². The van der Waals surface area contributed by atoms with E-state index in [-0.39, 0.29) is 65.3 Å². The lowest BCUT2D eigenvalue weighted by molar-refractivity contribution is -0.140. The fraction of sp³-hybridized carbons (Fsp3) is 0.517. The predicted molar refractivity (Wildman–Crippen MR) is 284 cm³/mol. The Labute approximate surface area is 437 Å². The molecule has 392 valence electrons. The first-order valence-electron chi connectivity index (χ1n) is 27.7. The number of amides is 5. The Morgan fingerprint density at radius 2 is 1.59 bits per heavy atom. The van der Waals surface area contributed by atoms with Crippen molar-refractivity contribution in [3.8, 4) is 11.3 Å². The molecule has 5 amide bonds. The molecule has 6 fully saturated rings. The molecule has 8 heterocycles. The number of aromatic nitrogens is 4. The topological polar surface area (TPSA) is 178 Å². The smallest absolute Gasteiger partial charge is 0.238 e.